The molecule has 1 aromatic rings. The number of rotatable bonds is 11. The van der Waals surface area contributed by atoms with Crippen molar-refractivity contribution in [1.82, 2.24) is 20.0 Å². The highest BCUT2D eigenvalue weighted by atomic mass is 16.2. The van der Waals surface area contributed by atoms with Gasteiger partial charge in [0.25, 0.3) is 5.91 Å². The first-order chi connectivity index (χ1) is 20.9. The van der Waals surface area contributed by atoms with E-state index in [1.54, 1.807) is 19.0 Å². The molecule has 4 unspecified atom stereocenters. The van der Waals surface area contributed by atoms with Gasteiger partial charge in [-0.05, 0) is 113 Å². The summed E-state index contributed by atoms with van der Waals surface area (Å²) >= 11 is 0. The van der Waals surface area contributed by atoms with Crippen LogP contribution in [0.5, 0.6) is 0 Å². The molecule has 1 aromatic carbocycles. The number of fused-ring (bicyclic) bond motifs is 2. The van der Waals surface area contributed by atoms with E-state index < -0.39 is 5.41 Å². The normalized spacial score (nSPS) is 26.8. The van der Waals surface area contributed by atoms with Gasteiger partial charge in [-0.3, -0.25) is 9.79 Å². The average Bonchev–Trinajstić information content (AvgIpc) is 3.43. The maximum Gasteiger partial charge on any atom is 0.253 e. The first-order valence-corrected chi connectivity index (χ1v) is 16.5. The molecular weight excluding hydrogens is 546 g/mol. The number of nitriles is 1. The summed E-state index contributed by atoms with van der Waals surface area (Å²) in [6.07, 6.45) is 7.93. The maximum absolute atomic E-state index is 13.0. The number of nitrogens with two attached hydrogens (primary N) is 1. The molecule has 0 spiro atoms. The molecule has 8 heteroatoms. The number of hydrogen-bond donors (Lipinski definition) is 2. The number of benzene rings is 1. The summed E-state index contributed by atoms with van der Waals surface area (Å²) in [5.41, 5.74) is 12.1. The Morgan fingerprint density at radius 2 is 1.93 bits per heavy atom. The minimum Gasteiger partial charge on any atom is -0.387 e. The number of nitrogens with one attached hydrogen (secondary N) is 1. The molecular formula is C36H55N7O. The minimum absolute atomic E-state index is 0.0176. The fraction of sp³-hybridized carbons (Fsp3) is 0.639. The third-order valence-corrected chi connectivity index (χ3v) is 10.4. The Hall–Kier alpha value is -3.31. The number of hydrogen-bond acceptors (Lipinski definition) is 6. The quantitative estimate of drug-likeness (QED) is 0.212. The number of aliphatic imine (C=N–C) groups is 1. The lowest BCUT2D eigenvalue weighted by Crippen LogP contribution is -2.53. The molecule has 1 saturated heterocycles. The van der Waals surface area contributed by atoms with Crippen LogP contribution < -0.4 is 11.1 Å². The predicted octanol–water partition coefficient (Wildman–Crippen LogP) is 4.93. The van der Waals surface area contributed by atoms with Crippen LogP contribution in [0.4, 0.5) is 0 Å². The highest BCUT2D eigenvalue weighted by Gasteiger charge is 2.51. The van der Waals surface area contributed by atoms with Gasteiger partial charge in [0.05, 0.1) is 11.5 Å². The lowest BCUT2D eigenvalue weighted by molar-refractivity contribution is 0.0827. The third-order valence-electron chi connectivity index (χ3n) is 10.4. The van der Waals surface area contributed by atoms with Crippen LogP contribution >= 0.6 is 0 Å². The van der Waals surface area contributed by atoms with Gasteiger partial charge in [0.15, 0.2) is 0 Å². The molecule has 1 heterocycles. The van der Waals surface area contributed by atoms with Crippen LogP contribution in [-0.4, -0.2) is 86.4 Å². The fourth-order valence-electron chi connectivity index (χ4n) is 8.14. The predicted molar refractivity (Wildman–Crippen MR) is 180 cm³/mol. The maximum atomic E-state index is 13.0. The van der Waals surface area contributed by atoms with E-state index in [-0.39, 0.29) is 18.0 Å². The monoisotopic (exact) mass is 601 g/mol. The van der Waals surface area contributed by atoms with Gasteiger partial charge in [0.1, 0.15) is 11.9 Å². The number of aryl methyl sites for hydroxylation is 1. The number of carbonyl (C=O) groups excluding carboxylic acids is 1. The molecule has 240 valence electrons. The molecule has 1 amide bonds. The van der Waals surface area contributed by atoms with Crippen molar-refractivity contribution in [3.05, 3.63) is 59.4 Å². The van der Waals surface area contributed by atoms with E-state index in [9.17, 15) is 10.1 Å². The third kappa shape index (κ3) is 6.83. The first-order valence-electron chi connectivity index (χ1n) is 16.5. The van der Waals surface area contributed by atoms with E-state index in [0.29, 0.717) is 30.1 Å². The van der Waals surface area contributed by atoms with Crippen LogP contribution in [0.3, 0.4) is 0 Å². The molecule has 0 aromatic heterocycles. The van der Waals surface area contributed by atoms with Crippen LogP contribution in [0.2, 0.25) is 0 Å². The summed E-state index contributed by atoms with van der Waals surface area (Å²) in [5, 5.41) is 13.3. The Morgan fingerprint density at radius 3 is 2.59 bits per heavy atom. The van der Waals surface area contributed by atoms with Gasteiger partial charge in [-0.15, -0.1) is 0 Å². The number of carbonyl (C=O) groups is 1. The topological polar surface area (TPSA) is 101 Å². The number of amides is 1. The Kier molecular flexibility index (Phi) is 10.8. The van der Waals surface area contributed by atoms with Crippen molar-refractivity contribution in [3.8, 4) is 6.07 Å². The molecule has 1 saturated carbocycles. The van der Waals surface area contributed by atoms with E-state index in [0.717, 1.165) is 75.7 Å². The summed E-state index contributed by atoms with van der Waals surface area (Å²) in [6.45, 7) is 15.2. The van der Waals surface area contributed by atoms with Crippen LogP contribution in [0.15, 0.2) is 47.7 Å². The van der Waals surface area contributed by atoms with Gasteiger partial charge in [-0.25, -0.2) is 0 Å². The zero-order chi connectivity index (χ0) is 32.2. The van der Waals surface area contributed by atoms with Gasteiger partial charge in [-0.1, -0.05) is 19.2 Å². The largest absolute Gasteiger partial charge is 0.387 e. The Morgan fingerprint density at radius 1 is 1.18 bits per heavy atom. The van der Waals surface area contributed by atoms with Crippen molar-refractivity contribution in [2.45, 2.75) is 82.7 Å². The Labute approximate surface area is 266 Å². The van der Waals surface area contributed by atoms with Gasteiger partial charge < -0.3 is 25.8 Å². The average molecular weight is 602 g/mol. The second kappa shape index (κ2) is 14.2. The molecule has 2 fully saturated rings. The van der Waals surface area contributed by atoms with Gasteiger partial charge in [0.2, 0.25) is 0 Å². The number of nitrogens with zero attached hydrogens (tertiary/aromatic N) is 5. The van der Waals surface area contributed by atoms with Crippen LogP contribution in [-0.2, 0) is 11.8 Å². The van der Waals surface area contributed by atoms with Gasteiger partial charge in [0, 0.05) is 64.3 Å². The lowest BCUT2D eigenvalue weighted by Gasteiger charge is -2.48. The first kappa shape index (κ1) is 33.6. The number of amidine groups is 1. The van der Waals surface area contributed by atoms with Crippen molar-refractivity contribution in [1.29, 1.82) is 5.26 Å². The van der Waals surface area contributed by atoms with Crippen molar-refractivity contribution in [2.24, 2.45) is 28.5 Å². The van der Waals surface area contributed by atoms with Crippen molar-refractivity contribution in [2.75, 3.05) is 47.8 Å². The summed E-state index contributed by atoms with van der Waals surface area (Å²) in [7, 11) is 7.80. The lowest BCUT2D eigenvalue weighted by atomic mass is 9.57. The second-order valence-electron chi connectivity index (χ2n) is 13.9. The summed E-state index contributed by atoms with van der Waals surface area (Å²) in [6, 6.07) is 8.72. The molecule has 2 aliphatic carbocycles. The molecule has 5 atom stereocenters. The number of allylic oxidation sites excluding steroid dienone is 1. The zero-order valence-corrected chi connectivity index (χ0v) is 28.0. The molecule has 3 N–H and O–H groups in total. The van der Waals surface area contributed by atoms with E-state index >= 15 is 0 Å². The smallest absolute Gasteiger partial charge is 0.253 e. The molecule has 3 aliphatic rings. The van der Waals surface area contributed by atoms with E-state index in [4.69, 9.17) is 10.7 Å². The fourth-order valence-corrected chi connectivity index (χ4v) is 8.14. The zero-order valence-electron chi connectivity index (χ0n) is 28.0. The SMILES string of the molecule is C=C(C1CCC2[C@@H](CCc3cc(C(=O)N(C)C)ccc3C2(CCNCC(=C)N2CCCC2C#N)C(N)=NC(C)C)C1)N(C)C. The van der Waals surface area contributed by atoms with Crippen molar-refractivity contribution in [3.63, 3.8) is 0 Å². The van der Waals surface area contributed by atoms with E-state index in [1.165, 1.54) is 16.8 Å². The van der Waals surface area contributed by atoms with Crippen molar-refractivity contribution < 1.29 is 4.79 Å². The van der Waals surface area contributed by atoms with Gasteiger partial charge >= 0.3 is 0 Å². The highest BCUT2D eigenvalue weighted by molar-refractivity contribution is 5.96. The molecule has 0 bridgehead atoms. The van der Waals surface area contributed by atoms with E-state index in [2.05, 4.69) is 74.4 Å². The minimum atomic E-state index is -0.456. The van der Waals surface area contributed by atoms with Crippen molar-refractivity contribution >= 4 is 11.7 Å². The summed E-state index contributed by atoms with van der Waals surface area (Å²) in [5.74, 6) is 1.98. The molecule has 1 aliphatic heterocycles. The van der Waals surface area contributed by atoms with Gasteiger partial charge in [-0.2, -0.15) is 5.26 Å². The van der Waals surface area contributed by atoms with E-state index in [1.807, 2.05) is 6.07 Å². The molecule has 8 nitrogen and oxygen atoms in total. The number of likely N-dealkylation sites (tertiary alicyclic amines) is 1. The van der Waals surface area contributed by atoms with Crippen LogP contribution in [0.25, 0.3) is 0 Å². The summed E-state index contributed by atoms with van der Waals surface area (Å²) in [4.78, 5) is 24.1. The standard InChI is InChI=1S/C36H55N7O/c1-24(2)40-35(38)36(17-18-39-23-25(3)43-19-9-10-31(43)22-37)32-15-13-27(26(4)41(5)6)20-28(32)11-12-29-21-30(14-16-33(29)36)34(44)42(7)8/h14,16,21,24,27-28,31-32,39H,3-4,9-13,15,17-20,23H2,1-2,5-8H3,(H2,38,40)/t27?,28-,31?,32?,36?/m0/s1. The Bertz CT molecular complexity index is 1290. The molecule has 0 radical (unpaired) electrons. The molecule has 4 rings (SSSR count). The second-order valence-corrected chi connectivity index (χ2v) is 13.9. The van der Waals surface area contributed by atoms with Crippen LogP contribution in [0, 0.1) is 29.1 Å². The summed E-state index contributed by atoms with van der Waals surface area (Å²) < 4.78 is 0. The highest BCUT2D eigenvalue weighted by Crippen LogP contribution is 2.53. The Balaban J connectivity index is 1.73. The van der Waals surface area contributed by atoms with Crippen LogP contribution in [0.1, 0.15) is 80.3 Å². The molecule has 44 heavy (non-hydrogen) atoms.